The van der Waals surface area contributed by atoms with Crippen LogP contribution in [0.4, 0.5) is 0 Å². The maximum absolute atomic E-state index is 5.80. The fourth-order valence-electron chi connectivity index (χ4n) is 1.96. The fraction of sp³-hybridized carbons (Fsp3) is 1.00. The second kappa shape index (κ2) is 8.08. The van der Waals surface area contributed by atoms with Gasteiger partial charge in [0.25, 0.3) is 0 Å². The monoisotopic (exact) mass is 216 g/mol. The summed E-state index contributed by atoms with van der Waals surface area (Å²) >= 11 is 0. The van der Waals surface area contributed by atoms with Gasteiger partial charge >= 0.3 is 0 Å². The van der Waals surface area contributed by atoms with Gasteiger partial charge in [0.1, 0.15) is 0 Å². The Labute approximate surface area is 93.1 Å². The maximum Gasteiger partial charge on any atom is 0.180 e. The molecule has 0 aromatic carbocycles. The van der Waals surface area contributed by atoms with Crippen LogP contribution in [0.3, 0.4) is 0 Å². The zero-order valence-electron chi connectivity index (χ0n) is 10.0. The zero-order valence-corrected chi connectivity index (χ0v) is 10.0. The van der Waals surface area contributed by atoms with Gasteiger partial charge in [0, 0.05) is 13.2 Å². The lowest BCUT2D eigenvalue weighted by molar-refractivity contribution is -0.178. The molecular weight excluding hydrogens is 192 g/mol. The average molecular weight is 216 g/mol. The Bertz CT molecular complexity index is 138. The average Bonchev–Trinajstić information content (AvgIpc) is 2.28. The first kappa shape index (κ1) is 12.9. The Hall–Kier alpha value is -0.120. The minimum absolute atomic E-state index is 0.179. The summed E-state index contributed by atoms with van der Waals surface area (Å²) in [5.41, 5.74) is 0. The third-order valence-corrected chi connectivity index (χ3v) is 2.73. The highest BCUT2D eigenvalue weighted by molar-refractivity contribution is 4.65. The summed E-state index contributed by atoms with van der Waals surface area (Å²) in [4.78, 5) is 0. The number of hydrogen-bond acceptors (Lipinski definition) is 3. The van der Waals surface area contributed by atoms with Crippen LogP contribution >= 0.6 is 0 Å². The lowest BCUT2D eigenvalue weighted by atomic mass is 9.98. The minimum atomic E-state index is -0.179. The van der Waals surface area contributed by atoms with Gasteiger partial charge in [-0.15, -0.1) is 0 Å². The molecule has 1 aliphatic carbocycles. The standard InChI is InChI=1S/C12H24O3/c1-3-13-12(14-4-2)10-15-11-8-6-5-7-9-11/h11-12H,3-10H2,1-2H3. The van der Waals surface area contributed by atoms with Gasteiger partial charge in [-0.2, -0.15) is 0 Å². The highest BCUT2D eigenvalue weighted by atomic mass is 16.7. The number of rotatable bonds is 7. The SMILES string of the molecule is CCOC(COC1CCCCC1)OCC. The van der Waals surface area contributed by atoms with Crippen molar-refractivity contribution in [1.82, 2.24) is 0 Å². The van der Waals surface area contributed by atoms with E-state index < -0.39 is 0 Å². The first-order valence-corrected chi connectivity index (χ1v) is 6.21. The van der Waals surface area contributed by atoms with Crippen LogP contribution in [0.15, 0.2) is 0 Å². The second-order valence-corrected chi connectivity index (χ2v) is 3.93. The largest absolute Gasteiger partial charge is 0.373 e. The van der Waals surface area contributed by atoms with E-state index in [1.165, 1.54) is 32.1 Å². The molecule has 0 aromatic heterocycles. The van der Waals surface area contributed by atoms with Crippen molar-refractivity contribution in [2.75, 3.05) is 19.8 Å². The lowest BCUT2D eigenvalue weighted by Gasteiger charge is -2.24. The van der Waals surface area contributed by atoms with E-state index in [2.05, 4.69) is 0 Å². The summed E-state index contributed by atoms with van der Waals surface area (Å²) < 4.78 is 16.7. The molecule has 1 rings (SSSR count). The molecule has 3 nitrogen and oxygen atoms in total. The van der Waals surface area contributed by atoms with E-state index in [-0.39, 0.29) is 6.29 Å². The van der Waals surface area contributed by atoms with Gasteiger partial charge in [-0.05, 0) is 26.7 Å². The topological polar surface area (TPSA) is 27.7 Å². The van der Waals surface area contributed by atoms with E-state index in [4.69, 9.17) is 14.2 Å². The van der Waals surface area contributed by atoms with Gasteiger partial charge in [-0.25, -0.2) is 0 Å². The van der Waals surface area contributed by atoms with Crippen LogP contribution in [0.2, 0.25) is 0 Å². The predicted octanol–water partition coefficient (Wildman–Crippen LogP) is 2.73. The van der Waals surface area contributed by atoms with E-state index in [1.807, 2.05) is 13.8 Å². The molecular formula is C12H24O3. The highest BCUT2D eigenvalue weighted by Crippen LogP contribution is 2.20. The molecule has 0 saturated heterocycles. The van der Waals surface area contributed by atoms with E-state index in [0.29, 0.717) is 25.9 Å². The fourth-order valence-corrected chi connectivity index (χ4v) is 1.96. The molecule has 0 N–H and O–H groups in total. The van der Waals surface area contributed by atoms with Gasteiger partial charge < -0.3 is 14.2 Å². The summed E-state index contributed by atoms with van der Waals surface area (Å²) in [6, 6.07) is 0. The summed E-state index contributed by atoms with van der Waals surface area (Å²) in [5, 5.41) is 0. The van der Waals surface area contributed by atoms with Gasteiger partial charge in [0.15, 0.2) is 6.29 Å². The van der Waals surface area contributed by atoms with Gasteiger partial charge in [-0.1, -0.05) is 19.3 Å². The summed E-state index contributed by atoms with van der Waals surface area (Å²) in [6.45, 7) is 5.89. The molecule has 0 amide bonds. The molecule has 0 atom stereocenters. The first-order valence-electron chi connectivity index (χ1n) is 6.21. The zero-order chi connectivity index (χ0) is 10.9. The summed E-state index contributed by atoms with van der Waals surface area (Å²) in [6.07, 6.45) is 6.62. The molecule has 1 aliphatic rings. The molecule has 0 bridgehead atoms. The second-order valence-electron chi connectivity index (χ2n) is 3.93. The lowest BCUT2D eigenvalue weighted by Crippen LogP contribution is -2.28. The number of hydrogen-bond donors (Lipinski definition) is 0. The normalized spacial score (nSPS) is 18.6. The van der Waals surface area contributed by atoms with Gasteiger partial charge in [-0.3, -0.25) is 0 Å². The van der Waals surface area contributed by atoms with Crippen molar-refractivity contribution in [2.24, 2.45) is 0 Å². The Morgan fingerprint density at radius 2 is 1.60 bits per heavy atom. The molecule has 1 saturated carbocycles. The van der Waals surface area contributed by atoms with Crippen molar-refractivity contribution < 1.29 is 14.2 Å². The molecule has 3 heteroatoms. The molecule has 0 spiro atoms. The van der Waals surface area contributed by atoms with Crippen molar-refractivity contribution in [1.29, 1.82) is 0 Å². The van der Waals surface area contributed by atoms with Crippen molar-refractivity contribution >= 4 is 0 Å². The summed E-state index contributed by atoms with van der Waals surface area (Å²) in [7, 11) is 0. The van der Waals surface area contributed by atoms with Crippen molar-refractivity contribution in [3.8, 4) is 0 Å². The van der Waals surface area contributed by atoms with Crippen LogP contribution in [0.1, 0.15) is 46.0 Å². The molecule has 0 unspecified atom stereocenters. The van der Waals surface area contributed by atoms with Crippen LogP contribution in [-0.4, -0.2) is 32.2 Å². The van der Waals surface area contributed by atoms with Crippen LogP contribution in [0, 0.1) is 0 Å². The molecule has 15 heavy (non-hydrogen) atoms. The summed E-state index contributed by atoms with van der Waals surface area (Å²) in [5.74, 6) is 0. The first-order chi connectivity index (χ1) is 7.36. The van der Waals surface area contributed by atoms with Crippen LogP contribution in [0.5, 0.6) is 0 Å². The third kappa shape index (κ3) is 5.50. The van der Waals surface area contributed by atoms with Gasteiger partial charge in [0.05, 0.1) is 12.7 Å². The van der Waals surface area contributed by atoms with E-state index >= 15 is 0 Å². The number of ether oxygens (including phenoxy) is 3. The van der Waals surface area contributed by atoms with Crippen LogP contribution < -0.4 is 0 Å². The molecule has 0 aliphatic heterocycles. The third-order valence-electron chi connectivity index (χ3n) is 2.73. The maximum atomic E-state index is 5.80. The quantitative estimate of drug-likeness (QED) is 0.612. The predicted molar refractivity (Wildman–Crippen MR) is 59.9 cm³/mol. The van der Waals surface area contributed by atoms with Crippen molar-refractivity contribution in [3.05, 3.63) is 0 Å². The minimum Gasteiger partial charge on any atom is -0.373 e. The van der Waals surface area contributed by atoms with Crippen molar-refractivity contribution in [3.63, 3.8) is 0 Å². The van der Waals surface area contributed by atoms with Crippen LogP contribution in [0.25, 0.3) is 0 Å². The molecule has 90 valence electrons. The van der Waals surface area contributed by atoms with E-state index in [9.17, 15) is 0 Å². The highest BCUT2D eigenvalue weighted by Gasteiger charge is 2.16. The van der Waals surface area contributed by atoms with Gasteiger partial charge in [0.2, 0.25) is 0 Å². The van der Waals surface area contributed by atoms with E-state index in [0.717, 1.165) is 0 Å². The Balaban J connectivity index is 2.13. The van der Waals surface area contributed by atoms with Crippen LogP contribution in [-0.2, 0) is 14.2 Å². The Morgan fingerprint density at radius 1 is 1.00 bits per heavy atom. The Kier molecular flexibility index (Phi) is 6.98. The molecule has 0 aromatic rings. The molecule has 0 heterocycles. The molecule has 1 fully saturated rings. The smallest absolute Gasteiger partial charge is 0.180 e. The van der Waals surface area contributed by atoms with Crippen molar-refractivity contribution in [2.45, 2.75) is 58.3 Å². The Morgan fingerprint density at radius 3 is 2.13 bits per heavy atom. The van der Waals surface area contributed by atoms with E-state index in [1.54, 1.807) is 0 Å². The molecule has 0 radical (unpaired) electrons.